The number of hydrogen-bond donors (Lipinski definition) is 2. The second kappa shape index (κ2) is 3.21. The lowest BCUT2D eigenvalue weighted by Crippen LogP contribution is -2.21. The maximum Gasteiger partial charge on any atom is 0.246 e. The first-order chi connectivity index (χ1) is 5.24. The van der Waals surface area contributed by atoms with E-state index in [1.165, 1.54) is 4.90 Å². The molecule has 0 saturated heterocycles. The SMILES string of the molecule is NC(=O)C1=CN(CO)C=CC1. The Balaban J connectivity index is 2.69. The number of carbonyl (C=O) groups is 1. The highest BCUT2D eigenvalue weighted by molar-refractivity contribution is 5.92. The molecule has 1 amide bonds. The highest BCUT2D eigenvalue weighted by atomic mass is 16.3. The van der Waals surface area contributed by atoms with Crippen molar-refractivity contribution in [3.63, 3.8) is 0 Å². The number of aliphatic hydroxyl groups excluding tert-OH is 1. The minimum atomic E-state index is -0.437. The van der Waals surface area contributed by atoms with Crippen LogP contribution in [0.1, 0.15) is 6.42 Å². The van der Waals surface area contributed by atoms with Crippen LogP contribution in [0.15, 0.2) is 24.0 Å². The van der Waals surface area contributed by atoms with E-state index in [-0.39, 0.29) is 6.73 Å². The number of hydrogen-bond acceptors (Lipinski definition) is 3. The van der Waals surface area contributed by atoms with Gasteiger partial charge in [0.1, 0.15) is 6.73 Å². The maximum absolute atomic E-state index is 10.6. The average molecular weight is 154 g/mol. The summed E-state index contributed by atoms with van der Waals surface area (Å²) in [5.74, 6) is -0.437. The van der Waals surface area contributed by atoms with Gasteiger partial charge in [-0.3, -0.25) is 4.79 Å². The third-order valence-corrected chi connectivity index (χ3v) is 1.44. The second-order valence-corrected chi connectivity index (χ2v) is 2.26. The van der Waals surface area contributed by atoms with Crippen LogP contribution in [0.5, 0.6) is 0 Å². The van der Waals surface area contributed by atoms with Crippen LogP contribution in [0.25, 0.3) is 0 Å². The fourth-order valence-electron chi connectivity index (χ4n) is 0.863. The number of aliphatic hydroxyl groups is 1. The number of nitrogens with zero attached hydrogens (tertiary/aromatic N) is 1. The van der Waals surface area contributed by atoms with Crippen molar-refractivity contribution in [2.75, 3.05) is 6.73 Å². The van der Waals surface area contributed by atoms with Gasteiger partial charge in [0.05, 0.1) is 0 Å². The van der Waals surface area contributed by atoms with Gasteiger partial charge in [0.15, 0.2) is 0 Å². The number of rotatable bonds is 2. The molecule has 0 aliphatic carbocycles. The molecule has 0 spiro atoms. The molecule has 0 aromatic heterocycles. The molecule has 11 heavy (non-hydrogen) atoms. The zero-order valence-electron chi connectivity index (χ0n) is 6.03. The Morgan fingerprint density at radius 1 is 1.82 bits per heavy atom. The van der Waals surface area contributed by atoms with Gasteiger partial charge in [-0.1, -0.05) is 6.08 Å². The number of primary amides is 1. The maximum atomic E-state index is 10.6. The predicted octanol–water partition coefficient (Wildman–Crippen LogP) is -0.475. The van der Waals surface area contributed by atoms with E-state index < -0.39 is 5.91 Å². The van der Waals surface area contributed by atoms with E-state index in [4.69, 9.17) is 10.8 Å². The molecular formula is C7H10N2O2. The standard InChI is InChI=1S/C7H10N2O2/c8-7(11)6-2-1-3-9(4-6)5-10/h1,3-4,10H,2,5H2,(H2,8,11). The van der Waals surface area contributed by atoms with Crippen LogP contribution in [0, 0.1) is 0 Å². The van der Waals surface area contributed by atoms with E-state index in [9.17, 15) is 4.79 Å². The minimum absolute atomic E-state index is 0.132. The molecule has 0 bridgehead atoms. The molecular weight excluding hydrogens is 144 g/mol. The van der Waals surface area contributed by atoms with E-state index in [1.807, 2.05) is 0 Å². The predicted molar refractivity (Wildman–Crippen MR) is 40.0 cm³/mol. The van der Waals surface area contributed by atoms with Crippen LogP contribution in [0.2, 0.25) is 0 Å². The van der Waals surface area contributed by atoms with Crippen LogP contribution < -0.4 is 5.73 Å². The van der Waals surface area contributed by atoms with Gasteiger partial charge < -0.3 is 15.7 Å². The fourth-order valence-corrected chi connectivity index (χ4v) is 0.863. The molecule has 60 valence electrons. The Morgan fingerprint density at radius 3 is 3.09 bits per heavy atom. The summed E-state index contributed by atoms with van der Waals surface area (Å²) in [4.78, 5) is 12.1. The van der Waals surface area contributed by atoms with Crippen molar-refractivity contribution in [2.45, 2.75) is 6.42 Å². The lowest BCUT2D eigenvalue weighted by Gasteiger charge is -2.16. The minimum Gasteiger partial charge on any atom is -0.376 e. The molecule has 4 nitrogen and oxygen atoms in total. The second-order valence-electron chi connectivity index (χ2n) is 2.26. The molecule has 0 atom stereocenters. The quantitative estimate of drug-likeness (QED) is 0.564. The van der Waals surface area contributed by atoms with Crippen molar-refractivity contribution in [1.29, 1.82) is 0 Å². The molecule has 0 saturated carbocycles. The van der Waals surface area contributed by atoms with Gasteiger partial charge in [-0.15, -0.1) is 0 Å². The molecule has 0 aromatic rings. The monoisotopic (exact) mass is 154 g/mol. The van der Waals surface area contributed by atoms with Gasteiger partial charge in [0.25, 0.3) is 0 Å². The smallest absolute Gasteiger partial charge is 0.246 e. The van der Waals surface area contributed by atoms with Crippen molar-refractivity contribution in [3.05, 3.63) is 24.0 Å². The van der Waals surface area contributed by atoms with Gasteiger partial charge in [0.2, 0.25) is 5.91 Å². The number of nitrogens with two attached hydrogens (primary N) is 1. The first-order valence-electron chi connectivity index (χ1n) is 3.28. The van der Waals surface area contributed by atoms with Gasteiger partial charge in [-0.05, 0) is 6.42 Å². The largest absolute Gasteiger partial charge is 0.376 e. The Bertz CT molecular complexity index is 220. The van der Waals surface area contributed by atoms with Crippen molar-refractivity contribution < 1.29 is 9.90 Å². The summed E-state index contributed by atoms with van der Waals surface area (Å²) >= 11 is 0. The van der Waals surface area contributed by atoms with Crippen LogP contribution in [-0.4, -0.2) is 22.6 Å². The Labute approximate surface area is 64.6 Å². The number of carbonyl (C=O) groups excluding carboxylic acids is 1. The topological polar surface area (TPSA) is 66.6 Å². The highest BCUT2D eigenvalue weighted by Crippen LogP contribution is 2.09. The zero-order chi connectivity index (χ0) is 8.27. The van der Waals surface area contributed by atoms with Crippen LogP contribution in [0.4, 0.5) is 0 Å². The Morgan fingerprint density at radius 2 is 2.55 bits per heavy atom. The summed E-state index contributed by atoms with van der Waals surface area (Å²) in [6, 6.07) is 0. The fraction of sp³-hybridized carbons (Fsp3) is 0.286. The lowest BCUT2D eigenvalue weighted by atomic mass is 10.1. The Kier molecular flexibility index (Phi) is 2.28. The number of amides is 1. The first kappa shape index (κ1) is 7.81. The van der Waals surface area contributed by atoms with Crippen molar-refractivity contribution in [2.24, 2.45) is 5.73 Å². The van der Waals surface area contributed by atoms with E-state index in [1.54, 1.807) is 18.5 Å². The van der Waals surface area contributed by atoms with Crippen molar-refractivity contribution in [1.82, 2.24) is 4.90 Å². The molecule has 0 radical (unpaired) electrons. The third-order valence-electron chi connectivity index (χ3n) is 1.44. The lowest BCUT2D eigenvalue weighted by molar-refractivity contribution is -0.114. The summed E-state index contributed by atoms with van der Waals surface area (Å²) in [6.45, 7) is -0.132. The molecule has 1 heterocycles. The third kappa shape index (κ3) is 1.81. The first-order valence-corrected chi connectivity index (χ1v) is 3.28. The van der Waals surface area contributed by atoms with Gasteiger partial charge in [-0.25, -0.2) is 0 Å². The summed E-state index contributed by atoms with van der Waals surface area (Å²) in [5.41, 5.74) is 5.55. The molecule has 1 aliphatic heterocycles. The van der Waals surface area contributed by atoms with Crippen molar-refractivity contribution in [3.8, 4) is 0 Å². The van der Waals surface area contributed by atoms with Gasteiger partial charge in [0, 0.05) is 18.0 Å². The molecule has 4 heteroatoms. The summed E-state index contributed by atoms with van der Waals surface area (Å²) in [7, 11) is 0. The van der Waals surface area contributed by atoms with E-state index >= 15 is 0 Å². The molecule has 1 aliphatic rings. The summed E-state index contributed by atoms with van der Waals surface area (Å²) < 4.78 is 0. The van der Waals surface area contributed by atoms with Crippen LogP contribution in [0.3, 0.4) is 0 Å². The normalized spacial score (nSPS) is 16.5. The van der Waals surface area contributed by atoms with Crippen molar-refractivity contribution >= 4 is 5.91 Å². The number of allylic oxidation sites excluding steroid dienone is 1. The summed E-state index contributed by atoms with van der Waals surface area (Å²) in [5, 5.41) is 8.67. The van der Waals surface area contributed by atoms with Crippen LogP contribution >= 0.6 is 0 Å². The van der Waals surface area contributed by atoms with E-state index in [0.29, 0.717) is 12.0 Å². The summed E-state index contributed by atoms with van der Waals surface area (Å²) in [6.07, 6.45) is 5.57. The van der Waals surface area contributed by atoms with E-state index in [2.05, 4.69) is 0 Å². The average Bonchev–Trinajstić information content (AvgIpc) is 2.05. The molecule has 0 fully saturated rings. The molecule has 3 N–H and O–H groups in total. The Hall–Kier alpha value is -1.29. The van der Waals surface area contributed by atoms with E-state index in [0.717, 1.165) is 0 Å². The van der Waals surface area contributed by atoms with Gasteiger partial charge >= 0.3 is 0 Å². The van der Waals surface area contributed by atoms with Gasteiger partial charge in [-0.2, -0.15) is 0 Å². The highest BCUT2D eigenvalue weighted by Gasteiger charge is 2.08. The molecule has 0 aromatic carbocycles. The molecule has 1 rings (SSSR count). The zero-order valence-corrected chi connectivity index (χ0v) is 6.03. The van der Waals surface area contributed by atoms with Crippen LogP contribution in [-0.2, 0) is 4.79 Å². The molecule has 0 unspecified atom stereocenters.